The third-order valence-electron chi connectivity index (χ3n) is 15.9. The number of benzene rings is 2. The monoisotopic (exact) mass is 862 g/mol. The van der Waals surface area contributed by atoms with Crippen molar-refractivity contribution in [1.82, 2.24) is 14.9 Å². The maximum absolute atomic E-state index is 13.4. The van der Waals surface area contributed by atoms with Crippen molar-refractivity contribution in [3.8, 4) is 41.1 Å². The number of phenols is 1. The van der Waals surface area contributed by atoms with Crippen LogP contribution in [0.3, 0.4) is 0 Å². The Morgan fingerprint density at radius 1 is 0.953 bits per heavy atom. The van der Waals surface area contributed by atoms with Gasteiger partial charge < -0.3 is 45.2 Å². The molecule has 2 bridgehead atoms. The first-order valence-electron chi connectivity index (χ1n) is 23.6. The minimum atomic E-state index is -1.09. The van der Waals surface area contributed by atoms with Crippen LogP contribution in [-0.2, 0) is 11.2 Å². The van der Waals surface area contributed by atoms with Gasteiger partial charge in [-0.15, -0.1) is 0 Å². The average Bonchev–Trinajstić information content (AvgIpc) is 4.05. The van der Waals surface area contributed by atoms with Gasteiger partial charge in [0.2, 0.25) is 0 Å². The number of aromatic hydroxyl groups is 1. The predicted octanol–water partition coefficient (Wildman–Crippen LogP) is 7.56. The molecule has 8 N–H and O–H groups in total. The number of rotatable bonds is 7. The Bertz CT molecular complexity index is 2660. The first-order chi connectivity index (χ1) is 31.1. The maximum Gasteiger partial charge on any atom is 0.191 e. The third-order valence-corrected chi connectivity index (χ3v) is 15.9. The molecule has 2 aromatic heterocycles. The van der Waals surface area contributed by atoms with Crippen molar-refractivity contribution in [2.75, 3.05) is 6.54 Å². The van der Waals surface area contributed by atoms with E-state index in [0.717, 1.165) is 58.8 Å². The molecular formula is C53H58N4O7. The van der Waals surface area contributed by atoms with Crippen LogP contribution in [0, 0.1) is 53.0 Å². The minimum Gasteiger partial charge on any atom is -0.508 e. The summed E-state index contributed by atoms with van der Waals surface area (Å²) in [7, 11) is 0. The van der Waals surface area contributed by atoms with Crippen LogP contribution in [0.4, 0.5) is 0 Å². The Labute approximate surface area is 374 Å². The topological polar surface area (TPSA) is 175 Å². The molecule has 332 valence electrons. The lowest BCUT2D eigenvalue weighted by Crippen LogP contribution is -2.39. The Morgan fingerprint density at radius 3 is 2.61 bits per heavy atom. The van der Waals surface area contributed by atoms with Crippen molar-refractivity contribution in [3.05, 3.63) is 101 Å². The maximum atomic E-state index is 13.4. The molecule has 7 aliphatic rings. The van der Waals surface area contributed by atoms with E-state index in [1.165, 1.54) is 43.7 Å². The molecule has 1 spiro atoms. The molecule has 64 heavy (non-hydrogen) atoms. The fraction of sp³-hybridized carbons (Fsp3) is 0.491. The highest BCUT2D eigenvalue weighted by atomic mass is 16.5. The van der Waals surface area contributed by atoms with Crippen molar-refractivity contribution in [3.63, 3.8) is 0 Å². The Balaban J connectivity index is 0.910. The highest BCUT2D eigenvalue weighted by Gasteiger charge is 2.47. The van der Waals surface area contributed by atoms with E-state index in [0.29, 0.717) is 36.1 Å². The number of ketones is 1. The zero-order chi connectivity index (χ0) is 43.7. The first-order valence-corrected chi connectivity index (χ1v) is 23.6. The number of aliphatic hydroxyl groups is 3. The van der Waals surface area contributed by atoms with E-state index in [4.69, 9.17) is 15.2 Å². The highest BCUT2D eigenvalue weighted by Crippen LogP contribution is 2.52. The summed E-state index contributed by atoms with van der Waals surface area (Å²) in [6.45, 7) is 0.711. The second-order valence-corrected chi connectivity index (χ2v) is 19.6. The molecule has 0 saturated heterocycles. The molecule has 3 aliphatic heterocycles. The minimum absolute atomic E-state index is 0.0517. The van der Waals surface area contributed by atoms with Crippen LogP contribution < -0.4 is 20.5 Å². The Morgan fingerprint density at radius 2 is 1.78 bits per heavy atom. The number of phenolic OH excluding ortho intramolecular Hbond substituents is 1. The summed E-state index contributed by atoms with van der Waals surface area (Å²) >= 11 is 0. The van der Waals surface area contributed by atoms with Crippen molar-refractivity contribution in [1.29, 1.82) is 0 Å². The lowest BCUT2D eigenvalue weighted by atomic mass is 9.71. The number of fused-ring (bicyclic) bond motifs is 6. The summed E-state index contributed by atoms with van der Waals surface area (Å²) < 4.78 is 15.3. The summed E-state index contributed by atoms with van der Waals surface area (Å²) in [5.74, 6) is 10.6. The number of hydrogen-bond acceptors (Lipinski definition) is 9. The molecule has 0 unspecified atom stereocenters. The number of carbonyl (C=O) groups is 1. The van der Waals surface area contributed by atoms with Crippen molar-refractivity contribution >= 4 is 16.7 Å². The molecule has 11 heteroatoms. The number of aliphatic hydroxyl groups excluding tert-OH is 3. The van der Waals surface area contributed by atoms with Crippen LogP contribution in [0.2, 0.25) is 0 Å². The Kier molecular flexibility index (Phi) is 10.8. The van der Waals surface area contributed by atoms with Crippen LogP contribution in [-0.4, -0.2) is 54.5 Å². The van der Waals surface area contributed by atoms with Gasteiger partial charge in [-0.05, 0) is 89.8 Å². The number of aromatic nitrogens is 2. The quantitative estimate of drug-likeness (QED) is 0.0731. The average molecular weight is 863 g/mol. The number of aromatic amines is 1. The van der Waals surface area contributed by atoms with Gasteiger partial charge in [-0.2, -0.15) is 0 Å². The highest BCUT2D eigenvalue weighted by molar-refractivity contribution is 5.85. The molecule has 4 aliphatic carbocycles. The van der Waals surface area contributed by atoms with E-state index in [1.807, 2.05) is 18.2 Å². The number of hydrogen-bond donors (Lipinski definition) is 7. The van der Waals surface area contributed by atoms with E-state index in [1.54, 1.807) is 6.07 Å². The number of aryl methyl sites for hydroxylation is 1. The van der Waals surface area contributed by atoms with E-state index in [-0.39, 0.29) is 54.5 Å². The molecule has 2 fully saturated rings. The van der Waals surface area contributed by atoms with Gasteiger partial charge >= 0.3 is 0 Å². The van der Waals surface area contributed by atoms with E-state index in [2.05, 4.69) is 75.6 Å². The standard InChI is InChI=1S/C53H58N4O7/c54-51-38-15-14-37-43(59)17-16-41-52(57-28-40-39(27-55-42(40)29-57)35-12-10-33(26-56-51)49(38)50(35)37)64-48-23-32(44(60)25-47(48)63-21-20-53(41)18-4-5-19-53)8-11-34(58)24-46(62)36-13-9-31(22-45(36)61)30-6-2-1-3-7-30/h9-10,12-15,23,25,27-31,33,35-36,41,43,45-46,51-52,55-56,59-62H,1-8,11,18-19,22,24,26,54H2/t31-,33+,35-,36-,41-,43-,45-,46+,51-,52-/m1/s1. The summed E-state index contributed by atoms with van der Waals surface area (Å²) in [6.07, 6.45) is 24.3. The summed E-state index contributed by atoms with van der Waals surface area (Å²) in [6, 6.07) is 7.24. The number of Topliss-reactive ketones (excluding diaryl/α,β-unsaturated/α-hetero) is 1. The van der Waals surface area contributed by atoms with Gasteiger partial charge in [0.15, 0.2) is 17.7 Å². The Hall–Kier alpha value is -5.27. The van der Waals surface area contributed by atoms with Crippen molar-refractivity contribution in [2.45, 2.75) is 126 Å². The zero-order valence-electron chi connectivity index (χ0n) is 36.1. The van der Waals surface area contributed by atoms with Gasteiger partial charge in [-0.3, -0.25) is 10.1 Å². The largest absolute Gasteiger partial charge is 0.508 e. The fourth-order valence-corrected chi connectivity index (χ4v) is 12.4. The first kappa shape index (κ1) is 41.4. The lowest BCUT2D eigenvalue weighted by Gasteiger charge is -2.37. The zero-order valence-corrected chi connectivity index (χ0v) is 36.1. The molecule has 2 saturated carbocycles. The molecular weight excluding hydrogens is 805 g/mol. The molecule has 0 amide bonds. The van der Waals surface area contributed by atoms with E-state index >= 15 is 0 Å². The number of H-pyrrole nitrogens is 1. The fourth-order valence-electron chi connectivity index (χ4n) is 12.4. The van der Waals surface area contributed by atoms with Crippen LogP contribution in [0.1, 0.15) is 141 Å². The van der Waals surface area contributed by atoms with Crippen LogP contribution in [0.5, 0.6) is 17.2 Å². The molecule has 5 heterocycles. The van der Waals surface area contributed by atoms with E-state index < -0.39 is 41.8 Å². The molecule has 11 rings (SSSR count). The molecule has 4 aromatic rings. The summed E-state index contributed by atoms with van der Waals surface area (Å²) in [5.41, 5.74) is 12.5. The van der Waals surface area contributed by atoms with Crippen LogP contribution >= 0.6 is 0 Å². The summed E-state index contributed by atoms with van der Waals surface area (Å²) in [5, 5.41) is 50.2. The van der Waals surface area contributed by atoms with Crippen molar-refractivity contribution < 1.29 is 34.7 Å². The van der Waals surface area contributed by atoms with Gasteiger partial charge in [0.25, 0.3) is 0 Å². The van der Waals surface area contributed by atoms with Gasteiger partial charge in [-0.25, -0.2) is 0 Å². The summed E-state index contributed by atoms with van der Waals surface area (Å²) in [4.78, 5) is 17.0. The SMILES string of the molecule is N[C@@H]1NC[C@@H]2C=C[C@H]3c4c(ccc1c42)[C@H](O)C#C[C@@H]1[C@@H](Oc2cc(CCC(=O)C[C@H](O)[C@@H]4C=C[C@@H](C5CCCCC5)C[C@H]4O)c(O)cc2OC#CC12CCCC2)n1cc2[nH]cc3c2c1. The number of nitrogens with zero attached hydrogens (tertiary/aromatic N) is 1. The molecule has 0 radical (unpaired) electrons. The predicted molar refractivity (Wildman–Crippen MR) is 242 cm³/mol. The molecule has 10 atom stereocenters. The smallest absolute Gasteiger partial charge is 0.191 e. The van der Waals surface area contributed by atoms with Crippen molar-refractivity contribution in [2.24, 2.45) is 34.8 Å². The number of ether oxygens (including phenoxy) is 2. The lowest BCUT2D eigenvalue weighted by molar-refractivity contribution is -0.122. The second kappa shape index (κ2) is 16.6. The van der Waals surface area contributed by atoms with Crippen LogP contribution in [0.25, 0.3) is 10.9 Å². The van der Waals surface area contributed by atoms with Crippen LogP contribution in [0.15, 0.2) is 67.2 Å². The van der Waals surface area contributed by atoms with Gasteiger partial charge in [0, 0.05) is 67.2 Å². The van der Waals surface area contributed by atoms with Gasteiger partial charge in [0.05, 0.1) is 35.2 Å². The van der Waals surface area contributed by atoms with E-state index in [9.17, 15) is 25.2 Å². The molecule has 2 aromatic carbocycles. The number of nitrogens with two attached hydrogens (primary N) is 1. The van der Waals surface area contributed by atoms with Gasteiger partial charge in [0.1, 0.15) is 23.7 Å². The molecule has 11 nitrogen and oxygen atoms in total. The third kappa shape index (κ3) is 7.27. The number of nitrogens with one attached hydrogen (secondary N) is 2. The number of allylic oxidation sites excluding steroid dienone is 2. The number of carbonyl (C=O) groups excluding carboxylic acids is 1. The van der Waals surface area contributed by atoms with Gasteiger partial charge in [-0.1, -0.05) is 86.3 Å². The normalized spacial score (nSPS) is 30.3. The second-order valence-electron chi connectivity index (χ2n) is 19.6.